The molecule has 1 fully saturated rings. The second-order valence-electron chi connectivity index (χ2n) is 11.2. The van der Waals surface area contributed by atoms with Gasteiger partial charge in [-0.05, 0) is 76.1 Å². The minimum absolute atomic E-state index is 0.0179. The number of nitrogens with zero attached hydrogens (tertiary/aromatic N) is 3. The molecule has 39 heavy (non-hydrogen) atoms. The Balaban J connectivity index is 1.69. The SMILES string of the molecule is CCOc1cc2c(cc1OCC)C(C)(C)N(CC(=O)c1cc(C(C)C)c(OC)c(N3CCN(C)CC3)c1)C2=N. The van der Waals surface area contributed by atoms with Gasteiger partial charge in [-0.25, -0.2) is 0 Å². The number of likely N-dealkylation sites (N-methyl/N-ethyl adjacent to an activating group) is 1. The minimum atomic E-state index is -0.563. The number of hydrogen-bond donors (Lipinski definition) is 1. The van der Waals surface area contributed by atoms with E-state index in [1.54, 1.807) is 7.11 Å². The van der Waals surface area contributed by atoms with E-state index >= 15 is 0 Å². The zero-order chi connectivity index (χ0) is 28.5. The third-order valence-corrected chi connectivity index (χ3v) is 7.93. The summed E-state index contributed by atoms with van der Waals surface area (Å²) in [5, 5.41) is 9.04. The van der Waals surface area contributed by atoms with Gasteiger partial charge in [0.05, 0.1) is 38.1 Å². The molecule has 8 nitrogen and oxygen atoms in total. The van der Waals surface area contributed by atoms with Gasteiger partial charge in [0.1, 0.15) is 11.6 Å². The van der Waals surface area contributed by atoms with Crippen molar-refractivity contribution in [2.45, 2.75) is 53.0 Å². The molecule has 212 valence electrons. The fraction of sp³-hybridized carbons (Fsp3) is 0.548. The molecule has 0 aromatic heterocycles. The second kappa shape index (κ2) is 11.5. The Morgan fingerprint density at radius 1 is 1.00 bits per heavy atom. The van der Waals surface area contributed by atoms with Gasteiger partial charge in [0.2, 0.25) is 0 Å². The standard InChI is InChI=1S/C31H44N4O4/c1-9-38-27-17-23-24(18-28(27)39-10-2)31(5,6)35(30(23)32)19-26(36)21-15-22(20(3)4)29(37-8)25(16-21)34-13-11-33(7)12-14-34/h15-18,20,32H,9-14,19H2,1-8H3. The molecule has 2 aromatic carbocycles. The number of Topliss-reactive ketones (excluding diaryl/α,β-unsaturated/α-hetero) is 1. The van der Waals surface area contributed by atoms with E-state index in [2.05, 4.69) is 44.5 Å². The van der Waals surface area contributed by atoms with E-state index < -0.39 is 5.54 Å². The summed E-state index contributed by atoms with van der Waals surface area (Å²) < 4.78 is 17.6. The third kappa shape index (κ3) is 5.44. The van der Waals surface area contributed by atoms with Crippen LogP contribution < -0.4 is 19.1 Å². The van der Waals surface area contributed by atoms with Crippen LogP contribution in [0.2, 0.25) is 0 Å². The first-order valence-corrected chi connectivity index (χ1v) is 14.0. The van der Waals surface area contributed by atoms with Crippen molar-refractivity contribution in [3.8, 4) is 17.2 Å². The first-order valence-electron chi connectivity index (χ1n) is 14.0. The lowest BCUT2D eigenvalue weighted by Gasteiger charge is -2.36. The van der Waals surface area contributed by atoms with Crippen molar-refractivity contribution in [2.24, 2.45) is 0 Å². The number of benzene rings is 2. The van der Waals surface area contributed by atoms with Gasteiger partial charge in [-0.2, -0.15) is 0 Å². The lowest BCUT2D eigenvalue weighted by molar-refractivity contribution is 0.0920. The number of fused-ring (bicyclic) bond motifs is 1. The molecule has 1 N–H and O–H groups in total. The van der Waals surface area contributed by atoms with E-state index in [0.29, 0.717) is 36.1 Å². The Morgan fingerprint density at radius 2 is 1.62 bits per heavy atom. The Morgan fingerprint density at radius 3 is 2.18 bits per heavy atom. The van der Waals surface area contributed by atoms with Gasteiger partial charge in [-0.3, -0.25) is 10.2 Å². The summed E-state index contributed by atoms with van der Waals surface area (Å²) in [6.45, 7) is 17.0. The van der Waals surface area contributed by atoms with Crippen LogP contribution in [-0.2, 0) is 5.54 Å². The van der Waals surface area contributed by atoms with Gasteiger partial charge in [-0.15, -0.1) is 0 Å². The number of methoxy groups -OCH3 is 1. The van der Waals surface area contributed by atoms with Crippen LogP contribution in [0.25, 0.3) is 0 Å². The molecule has 2 aliphatic heterocycles. The maximum Gasteiger partial charge on any atom is 0.182 e. The molecule has 8 heteroatoms. The van der Waals surface area contributed by atoms with Crippen molar-refractivity contribution in [3.05, 3.63) is 46.5 Å². The summed E-state index contributed by atoms with van der Waals surface area (Å²) in [5.41, 5.74) is 3.82. The minimum Gasteiger partial charge on any atom is -0.494 e. The van der Waals surface area contributed by atoms with Crippen molar-refractivity contribution in [3.63, 3.8) is 0 Å². The second-order valence-corrected chi connectivity index (χ2v) is 11.2. The molecule has 0 atom stereocenters. The molecule has 0 saturated carbocycles. The maximum atomic E-state index is 13.9. The molecule has 2 heterocycles. The van der Waals surface area contributed by atoms with Crippen molar-refractivity contribution in [1.29, 1.82) is 5.41 Å². The topological polar surface area (TPSA) is 78.3 Å². The zero-order valence-corrected chi connectivity index (χ0v) is 24.8. The largest absolute Gasteiger partial charge is 0.494 e. The van der Waals surface area contributed by atoms with E-state index in [-0.39, 0.29) is 18.2 Å². The number of ketones is 1. The summed E-state index contributed by atoms with van der Waals surface area (Å²) in [6, 6.07) is 7.82. The van der Waals surface area contributed by atoms with Crippen LogP contribution in [0.5, 0.6) is 17.2 Å². The molecule has 0 radical (unpaired) electrons. The van der Waals surface area contributed by atoms with E-state index in [4.69, 9.17) is 19.6 Å². The predicted octanol–water partition coefficient (Wildman–Crippen LogP) is 5.13. The number of carbonyl (C=O) groups excluding carboxylic acids is 1. The van der Waals surface area contributed by atoms with Crippen molar-refractivity contribution < 1.29 is 19.0 Å². The highest BCUT2D eigenvalue weighted by atomic mass is 16.5. The Hall–Kier alpha value is -3.26. The molecule has 2 aliphatic rings. The van der Waals surface area contributed by atoms with E-state index in [1.807, 2.05) is 43.0 Å². The molecule has 0 amide bonds. The fourth-order valence-electron chi connectivity index (χ4n) is 5.61. The summed E-state index contributed by atoms with van der Waals surface area (Å²) in [4.78, 5) is 20.5. The first kappa shape index (κ1) is 28.7. The van der Waals surface area contributed by atoms with Crippen LogP contribution >= 0.6 is 0 Å². The normalized spacial score (nSPS) is 17.0. The van der Waals surface area contributed by atoms with E-state index in [1.165, 1.54) is 0 Å². The molecule has 2 aromatic rings. The van der Waals surface area contributed by atoms with Crippen molar-refractivity contribution in [1.82, 2.24) is 9.80 Å². The number of piperazine rings is 1. The number of rotatable bonds is 10. The van der Waals surface area contributed by atoms with Crippen LogP contribution in [0.4, 0.5) is 5.69 Å². The number of carbonyl (C=O) groups is 1. The highest BCUT2D eigenvalue weighted by Crippen LogP contribution is 2.44. The molecule has 0 unspecified atom stereocenters. The maximum absolute atomic E-state index is 13.9. The molecule has 0 bridgehead atoms. The smallest absolute Gasteiger partial charge is 0.182 e. The first-order chi connectivity index (χ1) is 18.5. The van der Waals surface area contributed by atoms with Gasteiger partial charge in [0, 0.05) is 37.3 Å². The Bertz CT molecular complexity index is 1230. The summed E-state index contributed by atoms with van der Waals surface area (Å²) in [5.74, 6) is 2.64. The lowest BCUT2D eigenvalue weighted by atomic mass is 9.92. The monoisotopic (exact) mass is 536 g/mol. The van der Waals surface area contributed by atoms with Gasteiger partial charge in [0.15, 0.2) is 17.3 Å². The Labute approximate surface area is 233 Å². The summed E-state index contributed by atoms with van der Waals surface area (Å²) >= 11 is 0. The van der Waals surface area contributed by atoms with Crippen LogP contribution in [0.3, 0.4) is 0 Å². The summed E-state index contributed by atoms with van der Waals surface area (Å²) in [6.07, 6.45) is 0. The zero-order valence-electron chi connectivity index (χ0n) is 24.8. The third-order valence-electron chi connectivity index (χ3n) is 7.93. The number of ether oxygens (including phenoxy) is 3. The highest BCUT2D eigenvalue weighted by molar-refractivity contribution is 6.07. The predicted molar refractivity (Wildman–Crippen MR) is 156 cm³/mol. The molecular weight excluding hydrogens is 492 g/mol. The fourth-order valence-corrected chi connectivity index (χ4v) is 5.61. The molecule has 0 spiro atoms. The lowest BCUT2D eigenvalue weighted by Crippen LogP contribution is -2.45. The van der Waals surface area contributed by atoms with Gasteiger partial charge in [0.25, 0.3) is 0 Å². The number of amidine groups is 1. The average molecular weight is 537 g/mol. The van der Waals surface area contributed by atoms with Crippen LogP contribution in [0.1, 0.15) is 74.5 Å². The molecule has 0 aliphatic carbocycles. The van der Waals surface area contributed by atoms with Crippen LogP contribution in [-0.4, -0.2) is 81.5 Å². The molecular formula is C31H44N4O4. The van der Waals surface area contributed by atoms with Crippen LogP contribution in [0.15, 0.2) is 24.3 Å². The van der Waals surface area contributed by atoms with Crippen molar-refractivity contribution >= 4 is 17.3 Å². The number of hydrogen-bond acceptors (Lipinski definition) is 7. The van der Waals surface area contributed by atoms with Crippen molar-refractivity contribution in [2.75, 3.05) is 65.0 Å². The molecule has 1 saturated heterocycles. The quantitative estimate of drug-likeness (QED) is 0.422. The van der Waals surface area contributed by atoms with Crippen LogP contribution in [0, 0.1) is 5.41 Å². The summed E-state index contributed by atoms with van der Waals surface area (Å²) in [7, 11) is 3.84. The molecule has 4 rings (SSSR count). The number of nitrogens with one attached hydrogen (secondary N) is 1. The van der Waals surface area contributed by atoms with E-state index in [9.17, 15) is 4.79 Å². The van der Waals surface area contributed by atoms with Gasteiger partial charge in [-0.1, -0.05) is 13.8 Å². The number of anilines is 1. The van der Waals surface area contributed by atoms with Gasteiger partial charge < -0.3 is 28.9 Å². The van der Waals surface area contributed by atoms with E-state index in [0.717, 1.165) is 54.3 Å². The average Bonchev–Trinajstić information content (AvgIpc) is 3.08. The Kier molecular flexibility index (Phi) is 8.45. The highest BCUT2D eigenvalue weighted by Gasteiger charge is 2.43. The van der Waals surface area contributed by atoms with Gasteiger partial charge >= 0.3 is 0 Å².